The van der Waals surface area contributed by atoms with Gasteiger partial charge in [0.05, 0.1) is 6.42 Å². The number of rotatable bonds is 8. The molecular weight excluding hydrogens is 368 g/mol. The van der Waals surface area contributed by atoms with Crippen LogP contribution in [0.1, 0.15) is 49.1 Å². The summed E-state index contributed by atoms with van der Waals surface area (Å²) in [6.07, 6.45) is 0.657. The molecule has 24 heavy (non-hydrogen) atoms. The van der Waals surface area contributed by atoms with Crippen LogP contribution in [0.25, 0.3) is 0 Å². The van der Waals surface area contributed by atoms with E-state index in [4.69, 9.17) is 5.11 Å². The first kappa shape index (κ1) is 18.4. The maximum Gasteiger partial charge on any atom is 0.303 e. The van der Waals surface area contributed by atoms with Crippen molar-refractivity contribution >= 4 is 27.7 Å². The number of Topliss-reactive ketones (excluding diaryl/α,β-unsaturated/α-hetero) is 1. The summed E-state index contributed by atoms with van der Waals surface area (Å²) in [6, 6.07) is 17.4. The standard InChI is InChI=1S/C20H21BrO3/c1-14(15-7-9-18(21)10-8-15)11-19(22)12-17(13-20(23)24)16-5-3-2-4-6-16/h2-10,14,17H,11-13H2,1H3,(H,23,24)/t14-,17?/m1/s1. The third-order valence-corrected chi connectivity index (χ3v) is 4.67. The van der Waals surface area contributed by atoms with Crippen molar-refractivity contribution in [1.29, 1.82) is 0 Å². The van der Waals surface area contributed by atoms with Crippen LogP contribution in [0.5, 0.6) is 0 Å². The van der Waals surface area contributed by atoms with Gasteiger partial charge in [0.25, 0.3) is 0 Å². The van der Waals surface area contributed by atoms with Crippen molar-refractivity contribution in [2.24, 2.45) is 0 Å². The number of halogens is 1. The van der Waals surface area contributed by atoms with E-state index in [9.17, 15) is 9.59 Å². The highest BCUT2D eigenvalue weighted by Crippen LogP contribution is 2.27. The highest BCUT2D eigenvalue weighted by atomic mass is 79.9. The summed E-state index contributed by atoms with van der Waals surface area (Å²) in [4.78, 5) is 23.6. The number of benzene rings is 2. The summed E-state index contributed by atoms with van der Waals surface area (Å²) in [5.41, 5.74) is 2.02. The molecule has 0 heterocycles. The molecule has 0 saturated heterocycles. The lowest BCUT2D eigenvalue weighted by Crippen LogP contribution is -2.13. The summed E-state index contributed by atoms with van der Waals surface area (Å²) in [7, 11) is 0. The van der Waals surface area contributed by atoms with Crippen LogP contribution in [0.3, 0.4) is 0 Å². The predicted molar refractivity (Wildman–Crippen MR) is 98.2 cm³/mol. The molecule has 0 spiro atoms. The van der Waals surface area contributed by atoms with Gasteiger partial charge in [-0.25, -0.2) is 0 Å². The number of aliphatic carboxylic acids is 1. The average molecular weight is 389 g/mol. The molecule has 0 aliphatic carbocycles. The molecule has 2 atom stereocenters. The van der Waals surface area contributed by atoms with E-state index in [-0.39, 0.29) is 30.5 Å². The molecule has 2 aromatic carbocycles. The summed E-state index contributed by atoms with van der Waals surface area (Å²) in [6.45, 7) is 2.02. The van der Waals surface area contributed by atoms with Crippen molar-refractivity contribution < 1.29 is 14.7 Å². The van der Waals surface area contributed by atoms with Gasteiger partial charge in [0.2, 0.25) is 0 Å². The fourth-order valence-corrected chi connectivity index (χ4v) is 3.12. The third kappa shape index (κ3) is 5.60. The maximum absolute atomic E-state index is 12.5. The average Bonchev–Trinajstić information content (AvgIpc) is 2.55. The second-order valence-electron chi connectivity index (χ2n) is 6.10. The first-order valence-corrected chi connectivity index (χ1v) is 8.79. The van der Waals surface area contributed by atoms with Crippen LogP contribution < -0.4 is 0 Å². The first-order chi connectivity index (χ1) is 11.5. The van der Waals surface area contributed by atoms with Crippen LogP contribution in [-0.2, 0) is 9.59 Å². The summed E-state index contributed by atoms with van der Waals surface area (Å²) in [5.74, 6) is -0.932. The van der Waals surface area contributed by atoms with Crippen LogP contribution in [0.4, 0.5) is 0 Å². The van der Waals surface area contributed by atoms with Crippen LogP contribution >= 0.6 is 15.9 Å². The Morgan fingerprint density at radius 3 is 2.12 bits per heavy atom. The second-order valence-corrected chi connectivity index (χ2v) is 7.02. The van der Waals surface area contributed by atoms with E-state index in [2.05, 4.69) is 15.9 Å². The summed E-state index contributed by atoms with van der Waals surface area (Å²) < 4.78 is 1.01. The van der Waals surface area contributed by atoms with E-state index in [0.717, 1.165) is 15.6 Å². The quantitative estimate of drug-likeness (QED) is 0.679. The number of hydrogen-bond acceptors (Lipinski definition) is 2. The number of hydrogen-bond donors (Lipinski definition) is 1. The highest BCUT2D eigenvalue weighted by Gasteiger charge is 2.20. The lowest BCUT2D eigenvalue weighted by atomic mass is 9.87. The predicted octanol–water partition coefficient (Wildman–Crippen LogP) is 5.16. The lowest BCUT2D eigenvalue weighted by molar-refractivity contribution is -0.137. The molecule has 126 valence electrons. The third-order valence-electron chi connectivity index (χ3n) is 4.14. The summed E-state index contributed by atoms with van der Waals surface area (Å²) in [5, 5.41) is 9.13. The Morgan fingerprint density at radius 2 is 1.54 bits per heavy atom. The fraction of sp³-hybridized carbons (Fsp3) is 0.300. The number of carbonyl (C=O) groups excluding carboxylic acids is 1. The maximum atomic E-state index is 12.5. The van der Waals surface area contributed by atoms with E-state index >= 15 is 0 Å². The molecule has 2 rings (SSSR count). The van der Waals surface area contributed by atoms with Gasteiger partial charge in [0.1, 0.15) is 5.78 Å². The highest BCUT2D eigenvalue weighted by molar-refractivity contribution is 9.10. The van der Waals surface area contributed by atoms with Gasteiger partial charge in [-0.1, -0.05) is 65.3 Å². The molecular formula is C20H21BrO3. The van der Waals surface area contributed by atoms with Crippen molar-refractivity contribution in [2.45, 2.75) is 38.0 Å². The Hall–Kier alpha value is -1.94. The molecule has 0 amide bonds. The molecule has 1 unspecified atom stereocenters. The van der Waals surface area contributed by atoms with Crippen molar-refractivity contribution in [3.8, 4) is 0 Å². The topological polar surface area (TPSA) is 54.4 Å². The SMILES string of the molecule is C[C@H](CC(=O)CC(CC(=O)O)c1ccccc1)c1ccc(Br)cc1. The monoisotopic (exact) mass is 388 g/mol. The largest absolute Gasteiger partial charge is 0.481 e. The minimum atomic E-state index is -0.877. The second kappa shape index (κ2) is 8.78. The zero-order valence-corrected chi connectivity index (χ0v) is 15.2. The molecule has 1 N–H and O–H groups in total. The minimum absolute atomic E-state index is 0.0254. The molecule has 0 fully saturated rings. The van der Waals surface area contributed by atoms with Gasteiger partial charge in [-0.3, -0.25) is 9.59 Å². The van der Waals surface area contributed by atoms with Crippen molar-refractivity contribution in [2.75, 3.05) is 0 Å². The first-order valence-electron chi connectivity index (χ1n) is 7.99. The Morgan fingerprint density at radius 1 is 0.917 bits per heavy atom. The van der Waals surface area contributed by atoms with Crippen LogP contribution in [0.2, 0.25) is 0 Å². The molecule has 0 bridgehead atoms. The number of carboxylic acids is 1. The fourth-order valence-electron chi connectivity index (χ4n) is 2.85. The zero-order chi connectivity index (χ0) is 17.5. The van der Waals surface area contributed by atoms with Crippen molar-refractivity contribution in [1.82, 2.24) is 0 Å². The van der Waals surface area contributed by atoms with Gasteiger partial charge in [-0.05, 0) is 29.2 Å². The summed E-state index contributed by atoms with van der Waals surface area (Å²) >= 11 is 3.40. The minimum Gasteiger partial charge on any atom is -0.481 e. The van der Waals surface area contributed by atoms with Crippen LogP contribution in [0, 0.1) is 0 Å². The Bertz CT molecular complexity index is 680. The molecule has 0 aromatic heterocycles. The number of ketones is 1. The van der Waals surface area contributed by atoms with E-state index < -0.39 is 5.97 Å². The van der Waals surface area contributed by atoms with Gasteiger partial charge in [-0.2, -0.15) is 0 Å². The Labute approximate surface area is 150 Å². The van der Waals surface area contributed by atoms with Gasteiger partial charge in [-0.15, -0.1) is 0 Å². The van der Waals surface area contributed by atoms with Gasteiger partial charge < -0.3 is 5.11 Å². The zero-order valence-electron chi connectivity index (χ0n) is 13.6. The lowest BCUT2D eigenvalue weighted by Gasteiger charge is -2.17. The molecule has 3 nitrogen and oxygen atoms in total. The van der Waals surface area contributed by atoms with Crippen molar-refractivity contribution in [3.63, 3.8) is 0 Å². The Kier molecular flexibility index (Phi) is 6.73. The van der Waals surface area contributed by atoms with Gasteiger partial charge >= 0.3 is 5.97 Å². The molecule has 0 aliphatic rings. The van der Waals surface area contributed by atoms with E-state index in [0.29, 0.717) is 6.42 Å². The normalized spacial score (nSPS) is 13.2. The van der Waals surface area contributed by atoms with E-state index in [1.54, 1.807) is 0 Å². The smallest absolute Gasteiger partial charge is 0.303 e. The van der Waals surface area contributed by atoms with Crippen LogP contribution in [-0.4, -0.2) is 16.9 Å². The molecule has 0 aliphatic heterocycles. The van der Waals surface area contributed by atoms with Gasteiger partial charge in [0.15, 0.2) is 0 Å². The van der Waals surface area contributed by atoms with Crippen molar-refractivity contribution in [3.05, 3.63) is 70.2 Å². The molecule has 2 aromatic rings. The van der Waals surface area contributed by atoms with E-state index in [1.165, 1.54) is 0 Å². The van der Waals surface area contributed by atoms with E-state index in [1.807, 2.05) is 61.5 Å². The molecule has 4 heteroatoms. The molecule has 0 saturated carbocycles. The van der Waals surface area contributed by atoms with Gasteiger partial charge in [0, 0.05) is 23.2 Å². The molecule has 0 radical (unpaired) electrons. The number of carbonyl (C=O) groups is 2. The van der Waals surface area contributed by atoms with Crippen LogP contribution in [0.15, 0.2) is 59.1 Å². The number of carboxylic acid groups (broad SMARTS) is 1. The Balaban J connectivity index is 2.02.